The summed E-state index contributed by atoms with van der Waals surface area (Å²) in [5.74, 6) is 0.631. The average Bonchev–Trinajstić information content (AvgIpc) is 2.90. The Kier molecular flexibility index (Phi) is 5.81. The van der Waals surface area contributed by atoms with Gasteiger partial charge < -0.3 is 14.2 Å². The summed E-state index contributed by atoms with van der Waals surface area (Å²) in [4.78, 5) is 13.4. The molecule has 0 unspecified atom stereocenters. The van der Waals surface area contributed by atoms with Crippen LogP contribution in [-0.4, -0.2) is 39.7 Å². The number of aromatic nitrogens is 1. The molecule has 1 N–H and O–H groups in total. The van der Waals surface area contributed by atoms with Crippen LogP contribution in [0.5, 0.6) is 5.75 Å². The first kappa shape index (κ1) is 18.9. The Labute approximate surface area is 146 Å². The smallest absolute Gasteiger partial charge is 0.246 e. The maximum atomic E-state index is 12.4. The number of ether oxygens (including phenoxy) is 1. The number of amides is 1. The molecule has 0 atom stereocenters. The molecule has 2 aromatic rings. The van der Waals surface area contributed by atoms with Gasteiger partial charge in [0.25, 0.3) is 0 Å². The summed E-state index contributed by atoms with van der Waals surface area (Å²) in [6.07, 6.45) is 0. The van der Waals surface area contributed by atoms with E-state index >= 15 is 0 Å². The molecular weight excluding hydrogens is 346 g/mol. The van der Waals surface area contributed by atoms with E-state index in [-0.39, 0.29) is 29.7 Å². The average molecular weight is 367 g/mol. The number of sulfonamides is 1. The van der Waals surface area contributed by atoms with E-state index < -0.39 is 10.0 Å². The molecule has 0 aliphatic rings. The van der Waals surface area contributed by atoms with Crippen molar-refractivity contribution >= 4 is 21.6 Å². The molecule has 0 aliphatic carbocycles. The van der Waals surface area contributed by atoms with Gasteiger partial charge in [-0.2, -0.15) is 0 Å². The summed E-state index contributed by atoms with van der Waals surface area (Å²) in [7, 11) is -2.23. The van der Waals surface area contributed by atoms with Gasteiger partial charge in [-0.1, -0.05) is 11.2 Å². The highest BCUT2D eigenvalue weighted by molar-refractivity contribution is 7.89. The first-order valence-corrected chi connectivity index (χ1v) is 9.09. The van der Waals surface area contributed by atoms with E-state index in [0.717, 1.165) is 0 Å². The van der Waals surface area contributed by atoms with Crippen molar-refractivity contribution in [3.8, 4) is 5.75 Å². The van der Waals surface area contributed by atoms with E-state index in [9.17, 15) is 13.2 Å². The number of methoxy groups -OCH3 is 1. The van der Waals surface area contributed by atoms with Crippen LogP contribution in [0.3, 0.4) is 0 Å². The predicted octanol–water partition coefficient (Wildman–Crippen LogP) is 1.63. The number of benzene rings is 1. The monoisotopic (exact) mass is 367 g/mol. The van der Waals surface area contributed by atoms with Gasteiger partial charge in [0.15, 0.2) is 5.76 Å². The SMILES string of the molecule is COc1cccc(N(CCNS(=O)(=O)c2c(C)noc2C)C(C)=O)c1. The van der Waals surface area contributed by atoms with Crippen LogP contribution < -0.4 is 14.4 Å². The molecule has 1 aromatic carbocycles. The van der Waals surface area contributed by atoms with Crippen molar-refractivity contribution in [3.05, 3.63) is 35.7 Å². The van der Waals surface area contributed by atoms with E-state index in [1.54, 1.807) is 31.2 Å². The van der Waals surface area contributed by atoms with E-state index in [1.165, 1.54) is 25.9 Å². The number of carbonyl (C=O) groups is 1. The standard InChI is InChI=1S/C16H21N3O5S/c1-11-16(12(2)24-18-11)25(21,22)17-8-9-19(13(3)20)14-6-5-7-15(10-14)23-4/h5-7,10,17H,8-9H2,1-4H3. The normalized spacial score (nSPS) is 11.4. The van der Waals surface area contributed by atoms with Crippen LogP contribution in [0.1, 0.15) is 18.4 Å². The maximum absolute atomic E-state index is 12.4. The van der Waals surface area contributed by atoms with Crippen molar-refractivity contribution in [3.63, 3.8) is 0 Å². The van der Waals surface area contributed by atoms with Gasteiger partial charge in [0, 0.05) is 31.8 Å². The molecule has 0 bridgehead atoms. The minimum absolute atomic E-state index is 0.0308. The quantitative estimate of drug-likeness (QED) is 0.798. The minimum atomic E-state index is -3.76. The third-order valence-electron chi connectivity index (χ3n) is 3.61. The summed E-state index contributed by atoms with van der Waals surface area (Å²) < 4.78 is 37.3. The van der Waals surface area contributed by atoms with Gasteiger partial charge in [-0.15, -0.1) is 0 Å². The van der Waals surface area contributed by atoms with Crippen LogP contribution in [0.25, 0.3) is 0 Å². The van der Waals surface area contributed by atoms with Gasteiger partial charge in [-0.25, -0.2) is 13.1 Å². The minimum Gasteiger partial charge on any atom is -0.497 e. The lowest BCUT2D eigenvalue weighted by molar-refractivity contribution is -0.116. The van der Waals surface area contributed by atoms with Crippen LogP contribution in [0, 0.1) is 13.8 Å². The highest BCUT2D eigenvalue weighted by atomic mass is 32.2. The third-order valence-corrected chi connectivity index (χ3v) is 5.31. The van der Waals surface area contributed by atoms with Gasteiger partial charge in [0.1, 0.15) is 16.3 Å². The van der Waals surface area contributed by atoms with Crippen LogP contribution >= 0.6 is 0 Å². The first-order valence-electron chi connectivity index (χ1n) is 7.61. The lowest BCUT2D eigenvalue weighted by atomic mass is 10.2. The molecule has 1 aromatic heterocycles. The van der Waals surface area contributed by atoms with Crippen molar-refractivity contribution in [2.24, 2.45) is 0 Å². The Bertz CT molecular complexity index is 841. The second-order valence-electron chi connectivity index (χ2n) is 5.42. The second-order valence-corrected chi connectivity index (χ2v) is 7.13. The van der Waals surface area contributed by atoms with Crippen molar-refractivity contribution < 1.29 is 22.5 Å². The molecule has 0 fully saturated rings. The van der Waals surface area contributed by atoms with E-state index in [4.69, 9.17) is 9.26 Å². The number of nitrogens with one attached hydrogen (secondary N) is 1. The number of anilines is 1. The topological polar surface area (TPSA) is 102 Å². The summed E-state index contributed by atoms with van der Waals surface area (Å²) in [5.41, 5.74) is 0.921. The molecule has 1 amide bonds. The Balaban J connectivity index is 2.11. The zero-order valence-electron chi connectivity index (χ0n) is 14.6. The maximum Gasteiger partial charge on any atom is 0.246 e. The van der Waals surface area contributed by atoms with Gasteiger partial charge in [0.05, 0.1) is 7.11 Å². The summed E-state index contributed by atoms with van der Waals surface area (Å²) in [5, 5.41) is 3.65. The second kappa shape index (κ2) is 7.66. The predicted molar refractivity (Wildman–Crippen MR) is 92.2 cm³/mol. The molecule has 0 radical (unpaired) electrons. The first-order chi connectivity index (χ1) is 11.8. The fourth-order valence-electron chi connectivity index (χ4n) is 2.47. The Morgan fingerprint density at radius 2 is 2.08 bits per heavy atom. The third kappa shape index (κ3) is 4.37. The van der Waals surface area contributed by atoms with Crippen LogP contribution in [-0.2, 0) is 14.8 Å². The summed E-state index contributed by atoms with van der Waals surface area (Å²) in [6, 6.07) is 7.00. The van der Waals surface area contributed by atoms with Crippen molar-refractivity contribution in [2.45, 2.75) is 25.7 Å². The van der Waals surface area contributed by atoms with E-state index in [2.05, 4.69) is 9.88 Å². The fraction of sp³-hybridized carbons (Fsp3) is 0.375. The molecule has 0 spiro atoms. The molecule has 25 heavy (non-hydrogen) atoms. The molecule has 0 saturated carbocycles. The molecule has 9 heteroatoms. The molecular formula is C16H21N3O5S. The van der Waals surface area contributed by atoms with E-state index in [0.29, 0.717) is 17.1 Å². The summed E-state index contributed by atoms with van der Waals surface area (Å²) >= 11 is 0. The number of carbonyl (C=O) groups excluding carboxylic acids is 1. The van der Waals surface area contributed by atoms with Crippen LogP contribution in [0.2, 0.25) is 0 Å². The Hall–Kier alpha value is -2.39. The Morgan fingerprint density at radius 3 is 2.64 bits per heavy atom. The highest BCUT2D eigenvalue weighted by Crippen LogP contribution is 2.21. The zero-order valence-corrected chi connectivity index (χ0v) is 15.4. The van der Waals surface area contributed by atoms with E-state index in [1.807, 2.05) is 0 Å². The molecule has 0 saturated heterocycles. The number of aryl methyl sites for hydroxylation is 2. The molecule has 0 aliphatic heterocycles. The van der Waals surface area contributed by atoms with Crippen molar-refractivity contribution in [2.75, 3.05) is 25.1 Å². The van der Waals surface area contributed by atoms with Crippen molar-refractivity contribution in [1.82, 2.24) is 9.88 Å². The fourth-order valence-corrected chi connectivity index (χ4v) is 3.82. The number of nitrogens with zero attached hydrogens (tertiary/aromatic N) is 2. The highest BCUT2D eigenvalue weighted by Gasteiger charge is 2.24. The Morgan fingerprint density at radius 1 is 1.36 bits per heavy atom. The zero-order chi connectivity index (χ0) is 18.6. The summed E-state index contributed by atoms with van der Waals surface area (Å²) in [6.45, 7) is 4.73. The van der Waals surface area contributed by atoms with Gasteiger partial charge >= 0.3 is 0 Å². The molecule has 8 nitrogen and oxygen atoms in total. The molecule has 1 heterocycles. The van der Waals surface area contributed by atoms with Gasteiger partial charge in [0.2, 0.25) is 15.9 Å². The lowest BCUT2D eigenvalue weighted by Gasteiger charge is -2.21. The number of hydrogen-bond donors (Lipinski definition) is 1. The van der Waals surface area contributed by atoms with Crippen LogP contribution in [0.4, 0.5) is 5.69 Å². The lowest BCUT2D eigenvalue weighted by Crippen LogP contribution is -2.37. The molecule has 2 rings (SSSR count). The number of rotatable bonds is 7. The largest absolute Gasteiger partial charge is 0.497 e. The number of hydrogen-bond acceptors (Lipinski definition) is 6. The molecule has 136 valence electrons. The van der Waals surface area contributed by atoms with Crippen LogP contribution in [0.15, 0.2) is 33.7 Å². The van der Waals surface area contributed by atoms with Crippen molar-refractivity contribution in [1.29, 1.82) is 0 Å². The van der Waals surface area contributed by atoms with Gasteiger partial charge in [-0.05, 0) is 26.0 Å². The van der Waals surface area contributed by atoms with Gasteiger partial charge in [-0.3, -0.25) is 4.79 Å².